The third kappa shape index (κ3) is 20.5. The lowest BCUT2D eigenvalue weighted by atomic mass is 10.0. The third-order valence-corrected chi connectivity index (χ3v) is 4.66. The molecule has 0 unspecified atom stereocenters. The van der Waals surface area contributed by atoms with Crippen molar-refractivity contribution in [2.75, 3.05) is 12.4 Å². The van der Waals surface area contributed by atoms with Crippen molar-refractivity contribution in [1.29, 1.82) is 0 Å². The predicted molar refractivity (Wildman–Crippen MR) is 110 cm³/mol. The Balaban J connectivity index is 2.95. The summed E-state index contributed by atoms with van der Waals surface area (Å²) >= 11 is 14.6. The van der Waals surface area contributed by atoms with Crippen LogP contribution in [0.4, 0.5) is 0 Å². The van der Waals surface area contributed by atoms with E-state index in [1.807, 2.05) is 0 Å². The van der Waals surface area contributed by atoms with Crippen molar-refractivity contribution in [1.82, 2.24) is 5.32 Å². The second-order valence-corrected chi connectivity index (χ2v) is 7.76. The molecule has 0 aromatic carbocycles. The van der Waals surface area contributed by atoms with Gasteiger partial charge >= 0.3 is 0 Å². The number of rotatable bonds is 17. The molecule has 0 rings (SSSR count). The molecule has 0 aliphatic carbocycles. The fourth-order valence-corrected chi connectivity index (χ4v) is 3.12. The molecule has 0 amide bonds. The van der Waals surface area contributed by atoms with Crippen LogP contribution in [-0.4, -0.2) is 16.7 Å². The van der Waals surface area contributed by atoms with Gasteiger partial charge in [0.25, 0.3) is 0 Å². The molecule has 0 atom stereocenters. The average Bonchev–Trinajstić information content (AvgIpc) is 2.50. The quantitative estimate of drug-likeness (QED) is 0.126. The van der Waals surface area contributed by atoms with Gasteiger partial charge in [0.15, 0.2) is 0 Å². The Morgan fingerprint density at radius 2 is 0.955 bits per heavy atom. The standard InChI is InChI=1S/C18H36ClNS2/c19-16-14-12-10-8-6-4-2-1-3-5-7-9-11-13-15-17-20-18(21)22/h1-17H2,(H2,20,21,22). The van der Waals surface area contributed by atoms with E-state index >= 15 is 0 Å². The predicted octanol–water partition coefficient (Wildman–Crippen LogP) is 6.88. The molecule has 0 bridgehead atoms. The molecule has 0 aliphatic rings. The monoisotopic (exact) mass is 365 g/mol. The molecular weight excluding hydrogens is 330 g/mol. The largest absolute Gasteiger partial charge is 0.371 e. The lowest BCUT2D eigenvalue weighted by Gasteiger charge is -2.04. The lowest BCUT2D eigenvalue weighted by molar-refractivity contribution is 0.532. The molecular formula is C18H36ClNS2. The maximum absolute atomic E-state index is 5.67. The van der Waals surface area contributed by atoms with Crippen molar-refractivity contribution < 1.29 is 0 Å². The molecule has 4 heteroatoms. The van der Waals surface area contributed by atoms with Gasteiger partial charge in [0, 0.05) is 12.4 Å². The smallest absolute Gasteiger partial charge is 0.130 e. The van der Waals surface area contributed by atoms with E-state index in [-0.39, 0.29) is 0 Å². The molecule has 0 radical (unpaired) electrons. The molecule has 1 N–H and O–H groups in total. The Kier molecular flexibility index (Phi) is 20.0. The Bertz CT molecular complexity index is 237. The van der Waals surface area contributed by atoms with Gasteiger partial charge in [-0.2, -0.15) is 0 Å². The van der Waals surface area contributed by atoms with E-state index in [1.54, 1.807) is 0 Å². The van der Waals surface area contributed by atoms with E-state index in [9.17, 15) is 0 Å². The number of halogens is 1. The summed E-state index contributed by atoms with van der Waals surface area (Å²) in [5, 5.41) is 3.08. The van der Waals surface area contributed by atoms with Gasteiger partial charge in [-0.25, -0.2) is 0 Å². The highest BCUT2D eigenvalue weighted by Gasteiger charge is 1.95. The van der Waals surface area contributed by atoms with Crippen LogP contribution in [-0.2, 0) is 0 Å². The van der Waals surface area contributed by atoms with Crippen molar-refractivity contribution in [3.8, 4) is 0 Å². The number of alkyl halides is 1. The van der Waals surface area contributed by atoms with Crippen LogP contribution in [0.2, 0.25) is 0 Å². The molecule has 0 heterocycles. The average molecular weight is 366 g/mol. The Morgan fingerprint density at radius 3 is 1.27 bits per heavy atom. The van der Waals surface area contributed by atoms with Crippen LogP contribution in [0.15, 0.2) is 0 Å². The van der Waals surface area contributed by atoms with Crippen molar-refractivity contribution in [2.24, 2.45) is 0 Å². The summed E-state index contributed by atoms with van der Waals surface area (Å²) in [6.45, 7) is 0.980. The molecule has 0 aromatic heterocycles. The molecule has 0 spiro atoms. The normalized spacial score (nSPS) is 10.8. The van der Waals surface area contributed by atoms with Crippen LogP contribution in [0.5, 0.6) is 0 Å². The Hall–Kier alpha value is 0.530. The lowest BCUT2D eigenvalue weighted by Crippen LogP contribution is -2.17. The van der Waals surface area contributed by atoms with Gasteiger partial charge in [-0.15, -0.1) is 24.2 Å². The van der Waals surface area contributed by atoms with Crippen molar-refractivity contribution in [3.63, 3.8) is 0 Å². The minimum absolute atomic E-state index is 0.621. The van der Waals surface area contributed by atoms with Crippen LogP contribution >= 0.6 is 36.4 Å². The van der Waals surface area contributed by atoms with E-state index < -0.39 is 0 Å². The van der Waals surface area contributed by atoms with Gasteiger partial charge < -0.3 is 5.32 Å². The first kappa shape index (κ1) is 22.5. The molecule has 22 heavy (non-hydrogen) atoms. The van der Waals surface area contributed by atoms with E-state index in [1.165, 1.54) is 96.3 Å². The zero-order chi connectivity index (χ0) is 16.3. The number of nitrogens with one attached hydrogen (secondary N) is 1. The first-order chi connectivity index (χ1) is 10.8. The van der Waals surface area contributed by atoms with Gasteiger partial charge in [0.05, 0.1) is 0 Å². The van der Waals surface area contributed by atoms with Crippen LogP contribution in [0, 0.1) is 0 Å². The fraction of sp³-hybridized carbons (Fsp3) is 0.944. The number of hydrogen-bond acceptors (Lipinski definition) is 1. The Morgan fingerprint density at radius 1 is 0.636 bits per heavy atom. The highest BCUT2D eigenvalue weighted by atomic mass is 35.5. The summed E-state index contributed by atoms with van der Waals surface area (Å²) in [5.41, 5.74) is 0. The summed E-state index contributed by atoms with van der Waals surface area (Å²) in [5.74, 6) is 0.834. The maximum atomic E-state index is 5.67. The number of unbranched alkanes of at least 4 members (excludes halogenated alkanes) is 14. The zero-order valence-corrected chi connectivity index (χ0v) is 16.7. The van der Waals surface area contributed by atoms with Crippen LogP contribution in [0.1, 0.15) is 96.3 Å². The summed E-state index contributed by atoms with van der Waals surface area (Å²) in [6.07, 6.45) is 20.6. The van der Waals surface area contributed by atoms with Gasteiger partial charge in [0.2, 0.25) is 0 Å². The highest BCUT2D eigenvalue weighted by Crippen LogP contribution is 2.13. The second kappa shape index (κ2) is 19.6. The first-order valence-electron chi connectivity index (χ1n) is 9.30. The fourth-order valence-electron chi connectivity index (χ4n) is 2.71. The van der Waals surface area contributed by atoms with Crippen molar-refractivity contribution in [2.45, 2.75) is 96.3 Å². The molecule has 0 fully saturated rings. The van der Waals surface area contributed by atoms with E-state index in [4.69, 9.17) is 23.8 Å². The molecule has 1 nitrogen and oxygen atoms in total. The number of thiocarbonyl (C=S) groups is 1. The van der Waals surface area contributed by atoms with Gasteiger partial charge in [0.1, 0.15) is 4.32 Å². The minimum Gasteiger partial charge on any atom is -0.371 e. The van der Waals surface area contributed by atoms with Crippen molar-refractivity contribution >= 4 is 40.8 Å². The summed E-state index contributed by atoms with van der Waals surface area (Å²) in [7, 11) is 0. The van der Waals surface area contributed by atoms with Gasteiger partial charge in [-0.05, 0) is 12.8 Å². The van der Waals surface area contributed by atoms with Crippen LogP contribution < -0.4 is 5.32 Å². The summed E-state index contributed by atoms with van der Waals surface area (Å²) in [6, 6.07) is 0. The number of thiol groups is 1. The Labute approximate surface area is 154 Å². The SMILES string of the molecule is S=C(S)NCCCCCCCCCCCCCCCCCCl. The van der Waals surface area contributed by atoms with Crippen LogP contribution in [0.25, 0.3) is 0 Å². The zero-order valence-electron chi connectivity index (χ0n) is 14.3. The minimum atomic E-state index is 0.621. The summed E-state index contributed by atoms with van der Waals surface area (Å²) < 4.78 is 0.621. The van der Waals surface area contributed by atoms with E-state index in [0.717, 1.165) is 12.4 Å². The third-order valence-electron chi connectivity index (χ3n) is 4.09. The second-order valence-electron chi connectivity index (χ2n) is 6.22. The molecule has 0 aromatic rings. The molecule has 0 aliphatic heterocycles. The maximum Gasteiger partial charge on any atom is 0.130 e. The van der Waals surface area contributed by atoms with Crippen LogP contribution in [0.3, 0.4) is 0 Å². The molecule has 132 valence electrons. The van der Waals surface area contributed by atoms with Crippen molar-refractivity contribution in [3.05, 3.63) is 0 Å². The highest BCUT2D eigenvalue weighted by molar-refractivity contribution is 8.11. The summed E-state index contributed by atoms with van der Waals surface area (Å²) in [4.78, 5) is 0. The van der Waals surface area contributed by atoms with E-state index in [2.05, 4.69) is 17.9 Å². The first-order valence-corrected chi connectivity index (χ1v) is 10.7. The van der Waals surface area contributed by atoms with Gasteiger partial charge in [-0.3, -0.25) is 0 Å². The van der Waals surface area contributed by atoms with Gasteiger partial charge in [-0.1, -0.05) is 95.7 Å². The van der Waals surface area contributed by atoms with E-state index in [0.29, 0.717) is 4.32 Å². The number of hydrogen-bond donors (Lipinski definition) is 2. The molecule has 0 saturated heterocycles. The molecule has 0 saturated carbocycles. The topological polar surface area (TPSA) is 12.0 Å².